The molecule has 1 unspecified atom stereocenters. The monoisotopic (exact) mass is 531 g/mol. The predicted molar refractivity (Wildman–Crippen MR) is 118 cm³/mol. The molecule has 3 aromatic rings. The van der Waals surface area contributed by atoms with Crippen LogP contribution in [0.4, 0.5) is 17.6 Å². The van der Waals surface area contributed by atoms with Gasteiger partial charge < -0.3 is 9.64 Å². The Morgan fingerprint density at radius 1 is 1.17 bits per heavy atom. The van der Waals surface area contributed by atoms with Crippen LogP contribution in [-0.4, -0.2) is 47.5 Å². The van der Waals surface area contributed by atoms with Gasteiger partial charge in [-0.3, -0.25) is 4.79 Å². The Kier molecular flexibility index (Phi) is 6.30. The number of rotatable bonds is 5. The Balaban J connectivity index is 1.62. The Hall–Kier alpha value is -3.12. The molecule has 1 atom stereocenters. The zero-order chi connectivity index (χ0) is 25.7. The summed E-state index contributed by atoms with van der Waals surface area (Å²) in [7, 11) is -3.74. The number of carbonyl (C=O) groups is 1. The van der Waals surface area contributed by atoms with Crippen LogP contribution in [0.3, 0.4) is 0 Å². The molecule has 7 nitrogen and oxygen atoms in total. The summed E-state index contributed by atoms with van der Waals surface area (Å²) in [6.45, 7) is 0.878. The minimum absolute atomic E-state index is 0.0213. The van der Waals surface area contributed by atoms with E-state index in [1.165, 1.54) is 27.8 Å². The van der Waals surface area contributed by atoms with Crippen molar-refractivity contribution in [2.75, 3.05) is 6.26 Å². The third-order valence-electron chi connectivity index (χ3n) is 5.41. The molecule has 4 rings (SSSR count). The maximum atomic E-state index is 13.4. The van der Waals surface area contributed by atoms with Crippen molar-refractivity contribution in [1.29, 1.82) is 0 Å². The second-order valence-electron chi connectivity index (χ2n) is 8.04. The molecular formula is C22H18ClF4N3O4S. The molecule has 0 radical (unpaired) electrons. The van der Waals surface area contributed by atoms with E-state index in [-0.39, 0.29) is 34.3 Å². The highest BCUT2D eigenvalue weighted by Gasteiger charge is 2.39. The lowest BCUT2D eigenvalue weighted by atomic mass is 10.1. The molecule has 0 saturated carbocycles. The summed E-state index contributed by atoms with van der Waals surface area (Å²) in [6, 6.07) is 7.20. The molecule has 0 spiro atoms. The third kappa shape index (κ3) is 5.13. The van der Waals surface area contributed by atoms with E-state index in [1.54, 1.807) is 6.20 Å². The van der Waals surface area contributed by atoms with Crippen molar-refractivity contribution in [2.45, 2.75) is 37.2 Å². The third-order valence-corrected chi connectivity index (χ3v) is 6.81. The molecule has 2 heterocycles. The number of halogens is 5. The zero-order valence-electron chi connectivity index (χ0n) is 18.3. The summed E-state index contributed by atoms with van der Waals surface area (Å²) in [4.78, 5) is 14.3. The first kappa shape index (κ1) is 25.0. The predicted octanol–water partition coefficient (Wildman–Crippen LogP) is 4.55. The van der Waals surface area contributed by atoms with Crippen molar-refractivity contribution in [2.24, 2.45) is 0 Å². The number of aromatic nitrogens is 2. The SMILES string of the molecule is CC(Oc1ccc(S(C)(=O)=O)cc1C(=O)N1Cc2cn(-c3ccc(F)c(Cl)c3)nc2C1)C(F)(F)F. The van der Waals surface area contributed by atoms with Crippen molar-refractivity contribution < 1.29 is 35.5 Å². The van der Waals surface area contributed by atoms with Crippen LogP contribution in [0.25, 0.3) is 5.69 Å². The van der Waals surface area contributed by atoms with E-state index in [1.807, 2.05) is 0 Å². The van der Waals surface area contributed by atoms with Gasteiger partial charge in [0.25, 0.3) is 5.91 Å². The van der Waals surface area contributed by atoms with Gasteiger partial charge in [0.05, 0.1) is 33.4 Å². The average Bonchev–Trinajstić information content (AvgIpc) is 3.33. The second-order valence-corrected chi connectivity index (χ2v) is 10.5. The number of amides is 1. The first-order chi connectivity index (χ1) is 16.2. The number of benzene rings is 2. The lowest BCUT2D eigenvalue weighted by molar-refractivity contribution is -0.189. The highest BCUT2D eigenvalue weighted by atomic mass is 35.5. The van der Waals surface area contributed by atoms with E-state index < -0.39 is 33.8 Å². The smallest absolute Gasteiger partial charge is 0.425 e. The molecule has 1 aromatic heterocycles. The number of hydrogen-bond donors (Lipinski definition) is 0. The van der Waals surface area contributed by atoms with Crippen LogP contribution in [0.5, 0.6) is 5.75 Å². The van der Waals surface area contributed by atoms with E-state index >= 15 is 0 Å². The molecule has 0 N–H and O–H groups in total. The topological polar surface area (TPSA) is 81.5 Å². The van der Waals surface area contributed by atoms with Crippen LogP contribution in [-0.2, 0) is 22.9 Å². The summed E-state index contributed by atoms with van der Waals surface area (Å²) in [5, 5.41) is 4.30. The second kappa shape index (κ2) is 8.83. The number of alkyl halides is 3. The quantitative estimate of drug-likeness (QED) is 0.451. The Bertz CT molecular complexity index is 1400. The molecule has 1 amide bonds. The molecule has 0 aliphatic carbocycles. The van der Waals surface area contributed by atoms with Crippen molar-refractivity contribution in [3.8, 4) is 11.4 Å². The van der Waals surface area contributed by atoms with Crippen LogP contribution in [0.2, 0.25) is 5.02 Å². The number of hydrogen-bond acceptors (Lipinski definition) is 5. The van der Waals surface area contributed by atoms with Gasteiger partial charge in [0.2, 0.25) is 0 Å². The number of sulfone groups is 1. The van der Waals surface area contributed by atoms with Crippen LogP contribution in [0.1, 0.15) is 28.5 Å². The van der Waals surface area contributed by atoms with Crippen LogP contribution >= 0.6 is 11.6 Å². The normalized spacial score (nSPS) is 14.7. The van der Waals surface area contributed by atoms with Gasteiger partial charge in [-0.2, -0.15) is 18.3 Å². The molecule has 0 bridgehead atoms. The van der Waals surface area contributed by atoms with Crippen LogP contribution < -0.4 is 4.74 Å². The minimum Gasteiger partial charge on any atom is -0.480 e. The lowest BCUT2D eigenvalue weighted by Crippen LogP contribution is -2.33. The molecule has 1 aliphatic heterocycles. The van der Waals surface area contributed by atoms with E-state index in [0.29, 0.717) is 16.9 Å². The zero-order valence-corrected chi connectivity index (χ0v) is 19.9. The summed E-state index contributed by atoms with van der Waals surface area (Å²) >= 11 is 5.82. The van der Waals surface area contributed by atoms with Gasteiger partial charge in [0, 0.05) is 24.6 Å². The molecule has 186 valence electrons. The van der Waals surface area contributed by atoms with Crippen molar-refractivity contribution >= 4 is 27.3 Å². The average molecular weight is 532 g/mol. The van der Waals surface area contributed by atoms with Gasteiger partial charge in [0.1, 0.15) is 11.6 Å². The highest BCUT2D eigenvalue weighted by molar-refractivity contribution is 7.90. The molecule has 2 aromatic carbocycles. The molecule has 0 saturated heterocycles. The van der Waals surface area contributed by atoms with Gasteiger partial charge >= 0.3 is 6.18 Å². The number of carbonyl (C=O) groups excluding carboxylic acids is 1. The fourth-order valence-electron chi connectivity index (χ4n) is 3.49. The number of nitrogens with zero attached hydrogens (tertiary/aromatic N) is 3. The van der Waals surface area contributed by atoms with Gasteiger partial charge in [-0.05, 0) is 43.3 Å². The van der Waals surface area contributed by atoms with Gasteiger partial charge in [0.15, 0.2) is 15.9 Å². The Labute approximate surface area is 202 Å². The maximum Gasteiger partial charge on any atom is 0.425 e. The largest absolute Gasteiger partial charge is 0.480 e. The van der Waals surface area contributed by atoms with Gasteiger partial charge in [-0.1, -0.05) is 11.6 Å². The molecule has 35 heavy (non-hydrogen) atoms. The minimum atomic E-state index is -4.69. The molecule has 13 heteroatoms. The summed E-state index contributed by atoms with van der Waals surface area (Å²) in [6.07, 6.45) is -4.36. The number of ether oxygens (including phenoxy) is 1. The highest BCUT2D eigenvalue weighted by Crippen LogP contribution is 2.32. The first-order valence-electron chi connectivity index (χ1n) is 10.1. The summed E-state index contributed by atoms with van der Waals surface area (Å²) < 4.78 is 83.0. The van der Waals surface area contributed by atoms with Crippen LogP contribution in [0.15, 0.2) is 47.5 Å². The molecule has 0 fully saturated rings. The molecule has 1 aliphatic rings. The van der Waals surface area contributed by atoms with E-state index in [0.717, 1.165) is 31.4 Å². The standard InChI is InChI=1S/C22H18ClF4N3O4S/c1-12(22(25,26)27)34-20-6-4-15(35(2,32)33)8-16(20)21(31)29-9-13-10-30(28-19(13)11-29)14-3-5-18(24)17(23)7-14/h3-8,10,12H,9,11H2,1-2H3. The molecular weight excluding hydrogens is 514 g/mol. The number of fused-ring (bicyclic) bond motifs is 1. The van der Waals surface area contributed by atoms with E-state index in [4.69, 9.17) is 16.3 Å². The summed E-state index contributed by atoms with van der Waals surface area (Å²) in [5.41, 5.74) is 1.36. The Morgan fingerprint density at radius 2 is 1.89 bits per heavy atom. The lowest BCUT2D eigenvalue weighted by Gasteiger charge is -2.22. The van der Waals surface area contributed by atoms with Gasteiger partial charge in [-0.25, -0.2) is 17.5 Å². The van der Waals surface area contributed by atoms with Crippen molar-refractivity contribution in [1.82, 2.24) is 14.7 Å². The fraction of sp³-hybridized carbons (Fsp3) is 0.273. The first-order valence-corrected chi connectivity index (χ1v) is 12.4. The van der Waals surface area contributed by atoms with Crippen molar-refractivity contribution in [3.05, 3.63) is 70.3 Å². The maximum absolute atomic E-state index is 13.4. The van der Waals surface area contributed by atoms with E-state index in [2.05, 4.69) is 5.10 Å². The van der Waals surface area contributed by atoms with Crippen molar-refractivity contribution in [3.63, 3.8) is 0 Å². The Morgan fingerprint density at radius 3 is 2.49 bits per heavy atom. The fourth-order valence-corrected chi connectivity index (χ4v) is 4.32. The van der Waals surface area contributed by atoms with E-state index in [9.17, 15) is 30.8 Å². The summed E-state index contributed by atoms with van der Waals surface area (Å²) in [5.74, 6) is -1.68. The van der Waals surface area contributed by atoms with Crippen LogP contribution in [0, 0.1) is 5.82 Å². The van der Waals surface area contributed by atoms with Gasteiger partial charge in [-0.15, -0.1) is 0 Å².